The summed E-state index contributed by atoms with van der Waals surface area (Å²) < 4.78 is 48.2. The number of alkyl halides is 3. The van der Waals surface area contributed by atoms with E-state index in [1.165, 1.54) is 0 Å². The molecule has 4 nitrogen and oxygen atoms in total. The van der Waals surface area contributed by atoms with Crippen molar-refractivity contribution < 1.29 is 27.4 Å². The Hall–Kier alpha value is -3.39. The Balaban J connectivity index is 1.32. The summed E-state index contributed by atoms with van der Waals surface area (Å²) in [5.74, 6) is 1.49. The highest BCUT2D eigenvalue weighted by Gasteiger charge is 2.29. The third-order valence-corrected chi connectivity index (χ3v) is 5.29. The molecule has 3 aromatic carbocycles. The molecule has 172 valence electrons. The summed E-state index contributed by atoms with van der Waals surface area (Å²) in [6.45, 7) is 0.139. The van der Waals surface area contributed by atoms with E-state index in [1.807, 2.05) is 42.5 Å². The van der Waals surface area contributed by atoms with Crippen LogP contribution in [0.2, 0.25) is 0 Å². The van der Waals surface area contributed by atoms with E-state index in [-0.39, 0.29) is 18.9 Å². The number of halogens is 3. The normalized spacial score (nSPS) is 11.4. The molecule has 0 saturated heterocycles. The van der Waals surface area contributed by atoms with Crippen LogP contribution in [0.25, 0.3) is 6.08 Å². The van der Waals surface area contributed by atoms with Crippen molar-refractivity contribution in [2.45, 2.75) is 11.1 Å². The summed E-state index contributed by atoms with van der Waals surface area (Å²) in [6, 6.07) is 21.8. The molecule has 8 heteroatoms. The third kappa shape index (κ3) is 8.57. The van der Waals surface area contributed by atoms with Gasteiger partial charge in [0.25, 0.3) is 0 Å². The lowest BCUT2D eigenvalue weighted by Crippen LogP contribution is -2.17. The summed E-state index contributed by atoms with van der Waals surface area (Å²) in [7, 11) is 0. The van der Waals surface area contributed by atoms with Gasteiger partial charge in [-0.2, -0.15) is 13.2 Å². The Bertz CT molecular complexity index is 1040. The lowest BCUT2D eigenvalue weighted by molar-refractivity contribution is -0.137. The number of thioether (sulfide) groups is 1. The van der Waals surface area contributed by atoms with Gasteiger partial charge in [-0.3, -0.25) is 5.32 Å². The highest BCUT2D eigenvalue weighted by Crippen LogP contribution is 2.29. The molecule has 0 spiro atoms. The molecule has 0 unspecified atom stereocenters. The van der Waals surface area contributed by atoms with Gasteiger partial charge in [0.15, 0.2) is 0 Å². The van der Waals surface area contributed by atoms with Crippen LogP contribution < -0.4 is 10.1 Å². The Labute approximate surface area is 194 Å². The maximum atomic E-state index is 12.5. The van der Waals surface area contributed by atoms with Gasteiger partial charge in [0.2, 0.25) is 0 Å². The summed E-state index contributed by atoms with van der Waals surface area (Å²) in [5, 5.41) is 2.37. The molecular weight excluding hydrogens is 451 g/mol. The van der Waals surface area contributed by atoms with Crippen molar-refractivity contribution in [3.8, 4) is 5.75 Å². The standard InChI is InChI=1S/C25H22F3NO3S/c26-25(27,28)20-8-10-21(11-9-20)29-24(30)32-17-16-31-22-12-14-23(15-13-22)33-18-4-7-19-5-2-1-3-6-19/h1-15H,16-18H2,(H,29,30)/b7-4+. The van der Waals surface area contributed by atoms with Crippen molar-refractivity contribution in [2.75, 3.05) is 24.3 Å². The molecule has 3 aromatic rings. The molecule has 0 aliphatic heterocycles. The average Bonchev–Trinajstić information content (AvgIpc) is 2.81. The first-order valence-corrected chi connectivity index (χ1v) is 11.1. The van der Waals surface area contributed by atoms with E-state index in [2.05, 4.69) is 29.6 Å². The molecule has 1 amide bonds. The Kier molecular flexibility index (Phi) is 8.83. The second-order valence-corrected chi connectivity index (χ2v) is 7.87. The first-order valence-electron chi connectivity index (χ1n) is 10.1. The van der Waals surface area contributed by atoms with Gasteiger partial charge < -0.3 is 9.47 Å². The van der Waals surface area contributed by atoms with Gasteiger partial charge in [0, 0.05) is 16.3 Å². The number of hydrogen-bond donors (Lipinski definition) is 1. The number of carbonyl (C=O) groups is 1. The number of anilines is 1. The molecule has 0 aliphatic carbocycles. The highest BCUT2D eigenvalue weighted by atomic mass is 32.2. The third-order valence-electron chi connectivity index (χ3n) is 4.32. The molecule has 0 bridgehead atoms. The van der Waals surface area contributed by atoms with Crippen LogP contribution in [0.5, 0.6) is 5.75 Å². The number of rotatable bonds is 9. The largest absolute Gasteiger partial charge is 0.490 e. The van der Waals surface area contributed by atoms with E-state index in [4.69, 9.17) is 9.47 Å². The van der Waals surface area contributed by atoms with Crippen molar-refractivity contribution in [2.24, 2.45) is 0 Å². The summed E-state index contributed by atoms with van der Waals surface area (Å²) in [6.07, 6.45) is -1.00. The fourth-order valence-corrected chi connectivity index (χ4v) is 3.43. The number of nitrogens with one attached hydrogen (secondary N) is 1. The SMILES string of the molecule is O=C(Nc1ccc(C(F)(F)F)cc1)OCCOc1ccc(SC/C=C/c2ccccc2)cc1. The average molecular weight is 474 g/mol. The zero-order valence-corrected chi connectivity index (χ0v) is 18.4. The van der Waals surface area contributed by atoms with Crippen molar-refractivity contribution in [3.63, 3.8) is 0 Å². The fourth-order valence-electron chi connectivity index (χ4n) is 2.72. The molecule has 3 rings (SSSR count). The number of carbonyl (C=O) groups excluding carboxylic acids is 1. The smallest absolute Gasteiger partial charge is 0.416 e. The van der Waals surface area contributed by atoms with Gasteiger partial charge in [-0.15, -0.1) is 11.8 Å². The van der Waals surface area contributed by atoms with Crippen LogP contribution in [-0.2, 0) is 10.9 Å². The van der Waals surface area contributed by atoms with Crippen LogP contribution in [0.15, 0.2) is 89.8 Å². The van der Waals surface area contributed by atoms with E-state index >= 15 is 0 Å². The molecule has 0 radical (unpaired) electrons. The summed E-state index contributed by atoms with van der Waals surface area (Å²) in [5.41, 5.74) is 0.584. The Morgan fingerprint density at radius 2 is 1.61 bits per heavy atom. The molecule has 1 N–H and O–H groups in total. The summed E-state index contributed by atoms with van der Waals surface area (Å²) >= 11 is 1.70. The van der Waals surface area contributed by atoms with Gasteiger partial charge in [0.1, 0.15) is 19.0 Å². The van der Waals surface area contributed by atoms with Gasteiger partial charge >= 0.3 is 12.3 Å². The van der Waals surface area contributed by atoms with Crippen molar-refractivity contribution in [3.05, 3.63) is 96.1 Å². The van der Waals surface area contributed by atoms with E-state index in [9.17, 15) is 18.0 Å². The first-order chi connectivity index (χ1) is 15.9. The van der Waals surface area contributed by atoms with Crippen LogP contribution in [0.4, 0.5) is 23.7 Å². The predicted molar refractivity (Wildman–Crippen MR) is 125 cm³/mol. The van der Waals surface area contributed by atoms with Gasteiger partial charge in [-0.25, -0.2) is 4.79 Å². The Morgan fingerprint density at radius 1 is 0.909 bits per heavy atom. The second-order valence-electron chi connectivity index (χ2n) is 6.78. The minimum atomic E-state index is -4.42. The lowest BCUT2D eigenvalue weighted by Gasteiger charge is -2.10. The van der Waals surface area contributed by atoms with E-state index in [0.717, 1.165) is 40.5 Å². The zero-order chi connectivity index (χ0) is 23.5. The molecule has 0 atom stereocenters. The summed E-state index contributed by atoms with van der Waals surface area (Å²) in [4.78, 5) is 12.9. The number of benzene rings is 3. The molecule has 0 saturated carbocycles. The van der Waals surface area contributed by atoms with E-state index in [0.29, 0.717) is 5.75 Å². The number of hydrogen-bond acceptors (Lipinski definition) is 4. The first kappa shape index (κ1) is 24.3. The quantitative estimate of drug-likeness (QED) is 0.265. The van der Waals surface area contributed by atoms with Gasteiger partial charge in [0.05, 0.1) is 5.56 Å². The second kappa shape index (κ2) is 12.0. The fraction of sp³-hybridized carbons (Fsp3) is 0.160. The van der Waals surface area contributed by atoms with Crippen LogP contribution in [-0.4, -0.2) is 25.1 Å². The minimum Gasteiger partial charge on any atom is -0.490 e. The Morgan fingerprint density at radius 3 is 2.27 bits per heavy atom. The van der Waals surface area contributed by atoms with Gasteiger partial charge in [-0.1, -0.05) is 42.5 Å². The molecule has 0 aromatic heterocycles. The highest BCUT2D eigenvalue weighted by molar-refractivity contribution is 7.99. The zero-order valence-electron chi connectivity index (χ0n) is 17.5. The molecule has 33 heavy (non-hydrogen) atoms. The maximum absolute atomic E-state index is 12.5. The van der Waals surface area contributed by atoms with Crippen LogP contribution >= 0.6 is 11.8 Å². The van der Waals surface area contributed by atoms with Crippen molar-refractivity contribution in [1.29, 1.82) is 0 Å². The van der Waals surface area contributed by atoms with Crippen molar-refractivity contribution >= 4 is 29.6 Å². The predicted octanol–water partition coefficient (Wildman–Crippen LogP) is 7.14. The van der Waals surface area contributed by atoms with Gasteiger partial charge in [-0.05, 0) is 54.1 Å². The lowest BCUT2D eigenvalue weighted by atomic mass is 10.2. The number of amides is 1. The van der Waals surface area contributed by atoms with Crippen LogP contribution in [0.1, 0.15) is 11.1 Å². The van der Waals surface area contributed by atoms with E-state index < -0.39 is 17.8 Å². The minimum absolute atomic E-state index is 0.00670. The maximum Gasteiger partial charge on any atom is 0.416 e. The topological polar surface area (TPSA) is 47.6 Å². The number of ether oxygens (including phenoxy) is 2. The van der Waals surface area contributed by atoms with Crippen LogP contribution in [0, 0.1) is 0 Å². The monoisotopic (exact) mass is 473 g/mol. The molecule has 0 aliphatic rings. The van der Waals surface area contributed by atoms with E-state index in [1.54, 1.807) is 11.8 Å². The molecular formula is C25H22F3NO3S. The van der Waals surface area contributed by atoms with Crippen molar-refractivity contribution in [1.82, 2.24) is 0 Å². The van der Waals surface area contributed by atoms with Crippen LogP contribution in [0.3, 0.4) is 0 Å². The molecule has 0 heterocycles. The molecule has 0 fully saturated rings.